The molecule has 3 aromatic rings. The fourth-order valence-electron chi connectivity index (χ4n) is 2.76. The Kier molecular flexibility index (Phi) is 8.31. The van der Waals surface area contributed by atoms with Gasteiger partial charge in [0.05, 0.1) is 19.0 Å². The fraction of sp³-hybridized carbons (Fsp3) is 0.238. The summed E-state index contributed by atoms with van der Waals surface area (Å²) in [5, 5.41) is 11.0. The topological polar surface area (TPSA) is 63.5 Å². The molecule has 1 heterocycles. The van der Waals surface area contributed by atoms with Crippen LogP contribution < -0.4 is 15.4 Å². The van der Waals surface area contributed by atoms with Crippen LogP contribution in [0.2, 0.25) is 0 Å². The maximum Gasteiger partial charge on any atom is 0.191 e. The van der Waals surface area contributed by atoms with Crippen LogP contribution in [0.3, 0.4) is 0 Å². The van der Waals surface area contributed by atoms with Crippen molar-refractivity contribution in [2.24, 2.45) is 4.99 Å². The number of ether oxygens (including phenoxy) is 1. The highest BCUT2D eigenvalue weighted by molar-refractivity contribution is 14.0. The Hall–Kier alpha value is -2.55. The number of halogens is 1. The van der Waals surface area contributed by atoms with E-state index in [2.05, 4.69) is 39.8 Å². The van der Waals surface area contributed by atoms with Crippen molar-refractivity contribution in [1.29, 1.82) is 0 Å². The number of hydrogen-bond acceptors (Lipinski definition) is 3. The number of guanidine groups is 1. The average molecular weight is 491 g/mol. The predicted octanol–water partition coefficient (Wildman–Crippen LogP) is 3.67. The summed E-state index contributed by atoms with van der Waals surface area (Å²) in [6.45, 7) is 3.32. The van der Waals surface area contributed by atoms with E-state index >= 15 is 0 Å². The molecule has 0 aliphatic rings. The number of benzene rings is 2. The average Bonchev–Trinajstić information content (AvgIpc) is 3.18. The molecule has 6 nitrogen and oxygen atoms in total. The zero-order valence-corrected chi connectivity index (χ0v) is 18.7. The van der Waals surface area contributed by atoms with E-state index in [1.165, 1.54) is 5.56 Å². The molecule has 0 aliphatic heterocycles. The number of para-hydroxylation sites is 1. The number of aryl methyl sites for hydroxylation is 1. The summed E-state index contributed by atoms with van der Waals surface area (Å²) >= 11 is 0. The molecule has 1 aromatic heterocycles. The van der Waals surface area contributed by atoms with Gasteiger partial charge >= 0.3 is 0 Å². The lowest BCUT2D eigenvalue weighted by Crippen LogP contribution is -2.36. The lowest BCUT2D eigenvalue weighted by Gasteiger charge is -2.13. The zero-order valence-electron chi connectivity index (χ0n) is 16.3. The van der Waals surface area contributed by atoms with E-state index in [1.807, 2.05) is 53.5 Å². The van der Waals surface area contributed by atoms with E-state index in [1.54, 1.807) is 14.2 Å². The van der Waals surface area contributed by atoms with E-state index < -0.39 is 0 Å². The first kappa shape index (κ1) is 21.7. The minimum atomic E-state index is 0. The summed E-state index contributed by atoms with van der Waals surface area (Å²) in [6, 6.07) is 16.2. The molecule has 3 rings (SSSR count). The molecule has 0 bridgehead atoms. The van der Waals surface area contributed by atoms with Gasteiger partial charge in [-0.3, -0.25) is 4.99 Å². The second-order valence-corrected chi connectivity index (χ2v) is 6.22. The largest absolute Gasteiger partial charge is 0.496 e. The van der Waals surface area contributed by atoms with Gasteiger partial charge in [-0.2, -0.15) is 5.10 Å². The highest BCUT2D eigenvalue weighted by Crippen LogP contribution is 2.19. The first-order chi connectivity index (χ1) is 13.2. The minimum absolute atomic E-state index is 0. The molecule has 0 saturated heterocycles. The molecule has 0 saturated carbocycles. The van der Waals surface area contributed by atoms with E-state index in [9.17, 15) is 0 Å². The second-order valence-electron chi connectivity index (χ2n) is 6.22. The summed E-state index contributed by atoms with van der Waals surface area (Å²) < 4.78 is 7.32. The van der Waals surface area contributed by atoms with E-state index in [-0.39, 0.29) is 24.0 Å². The smallest absolute Gasteiger partial charge is 0.191 e. The number of aliphatic imine (C=N–C) groups is 1. The highest BCUT2D eigenvalue weighted by Gasteiger charge is 2.06. The Morgan fingerprint density at radius 2 is 1.86 bits per heavy atom. The molecule has 0 fully saturated rings. The van der Waals surface area contributed by atoms with Crippen molar-refractivity contribution in [2.75, 3.05) is 14.2 Å². The first-order valence-electron chi connectivity index (χ1n) is 8.86. The minimum Gasteiger partial charge on any atom is -0.496 e. The SMILES string of the molecule is CN=C(NCc1cnn(-c2ccccc2)c1)NCc1ccc(C)cc1OC.I. The summed E-state index contributed by atoms with van der Waals surface area (Å²) in [5.74, 6) is 1.60. The highest BCUT2D eigenvalue weighted by atomic mass is 127. The molecule has 0 atom stereocenters. The quantitative estimate of drug-likeness (QED) is 0.314. The molecule has 0 aliphatic carbocycles. The van der Waals surface area contributed by atoms with Gasteiger partial charge in [0.1, 0.15) is 5.75 Å². The van der Waals surface area contributed by atoms with Crippen LogP contribution in [0.5, 0.6) is 5.75 Å². The van der Waals surface area contributed by atoms with Gasteiger partial charge in [0.25, 0.3) is 0 Å². The molecule has 2 aromatic carbocycles. The standard InChI is InChI=1S/C21H25N5O.HI/c1-16-9-10-18(20(11-16)27-3)14-24-21(22-2)23-12-17-13-25-26(15-17)19-7-5-4-6-8-19;/h4-11,13,15H,12,14H2,1-3H3,(H2,22,23,24);1H. The Labute approximate surface area is 183 Å². The lowest BCUT2D eigenvalue weighted by molar-refractivity contribution is 0.408. The van der Waals surface area contributed by atoms with E-state index in [0.29, 0.717) is 13.1 Å². The van der Waals surface area contributed by atoms with Gasteiger partial charge in [0.15, 0.2) is 5.96 Å². The van der Waals surface area contributed by atoms with Gasteiger partial charge in [-0.05, 0) is 30.7 Å². The summed E-state index contributed by atoms with van der Waals surface area (Å²) in [6.07, 6.45) is 3.87. The molecular weight excluding hydrogens is 465 g/mol. The van der Waals surface area contributed by atoms with Crippen molar-refractivity contribution < 1.29 is 4.74 Å². The number of hydrogen-bond donors (Lipinski definition) is 2. The Morgan fingerprint density at radius 3 is 2.57 bits per heavy atom. The first-order valence-corrected chi connectivity index (χ1v) is 8.86. The van der Waals surface area contributed by atoms with Crippen LogP contribution >= 0.6 is 24.0 Å². The summed E-state index contributed by atoms with van der Waals surface area (Å²) in [4.78, 5) is 4.28. The monoisotopic (exact) mass is 491 g/mol. The number of nitrogens with zero attached hydrogens (tertiary/aromatic N) is 3. The van der Waals surface area contributed by atoms with Gasteiger partial charge in [0, 0.05) is 37.5 Å². The molecule has 28 heavy (non-hydrogen) atoms. The Morgan fingerprint density at radius 1 is 1.11 bits per heavy atom. The van der Waals surface area contributed by atoms with Crippen LogP contribution in [0.4, 0.5) is 0 Å². The number of methoxy groups -OCH3 is 1. The number of rotatable bonds is 6. The van der Waals surface area contributed by atoms with Crippen molar-refractivity contribution in [3.63, 3.8) is 0 Å². The van der Waals surface area contributed by atoms with Gasteiger partial charge in [-0.1, -0.05) is 30.3 Å². The van der Waals surface area contributed by atoms with Crippen LogP contribution in [0.25, 0.3) is 5.69 Å². The molecule has 0 radical (unpaired) electrons. The maximum absolute atomic E-state index is 5.45. The molecule has 2 N–H and O–H groups in total. The Balaban J connectivity index is 0.00000280. The summed E-state index contributed by atoms with van der Waals surface area (Å²) in [7, 11) is 3.45. The van der Waals surface area contributed by atoms with E-state index in [4.69, 9.17) is 4.74 Å². The van der Waals surface area contributed by atoms with Crippen molar-refractivity contribution in [3.05, 3.63) is 77.6 Å². The molecule has 0 amide bonds. The van der Waals surface area contributed by atoms with Crippen LogP contribution in [-0.4, -0.2) is 29.9 Å². The molecule has 148 valence electrons. The molecule has 7 heteroatoms. The molecule has 0 spiro atoms. The summed E-state index contributed by atoms with van der Waals surface area (Å²) in [5.41, 5.74) is 4.38. The second kappa shape index (κ2) is 10.7. The van der Waals surface area contributed by atoms with Gasteiger partial charge in [0.2, 0.25) is 0 Å². The lowest BCUT2D eigenvalue weighted by atomic mass is 10.1. The van der Waals surface area contributed by atoms with Crippen LogP contribution in [0, 0.1) is 6.92 Å². The fourth-order valence-corrected chi connectivity index (χ4v) is 2.76. The van der Waals surface area contributed by atoms with Crippen molar-refractivity contribution in [1.82, 2.24) is 20.4 Å². The third kappa shape index (κ3) is 5.72. The third-order valence-corrected chi connectivity index (χ3v) is 4.23. The van der Waals surface area contributed by atoms with Gasteiger partial charge in [-0.25, -0.2) is 4.68 Å². The normalized spacial score (nSPS) is 10.9. The van der Waals surface area contributed by atoms with Crippen LogP contribution in [-0.2, 0) is 13.1 Å². The van der Waals surface area contributed by atoms with Crippen molar-refractivity contribution in [3.8, 4) is 11.4 Å². The van der Waals surface area contributed by atoms with Gasteiger partial charge in [-0.15, -0.1) is 24.0 Å². The zero-order chi connectivity index (χ0) is 19.1. The Bertz CT molecular complexity index is 908. The van der Waals surface area contributed by atoms with Gasteiger partial charge < -0.3 is 15.4 Å². The van der Waals surface area contributed by atoms with Crippen molar-refractivity contribution >= 4 is 29.9 Å². The van der Waals surface area contributed by atoms with Crippen molar-refractivity contribution in [2.45, 2.75) is 20.0 Å². The molecule has 0 unspecified atom stereocenters. The maximum atomic E-state index is 5.45. The predicted molar refractivity (Wildman–Crippen MR) is 124 cm³/mol. The molecular formula is C21H26IN5O. The third-order valence-electron chi connectivity index (χ3n) is 4.23. The number of aromatic nitrogens is 2. The van der Waals surface area contributed by atoms with Crippen LogP contribution in [0.15, 0.2) is 65.9 Å². The van der Waals surface area contributed by atoms with Crippen LogP contribution in [0.1, 0.15) is 16.7 Å². The number of nitrogens with one attached hydrogen (secondary N) is 2. The van der Waals surface area contributed by atoms with E-state index in [0.717, 1.165) is 28.5 Å².